The van der Waals surface area contributed by atoms with Crippen LogP contribution in [-0.2, 0) is 20.4 Å². The summed E-state index contributed by atoms with van der Waals surface area (Å²) in [5.74, 6) is -1.34. The molecule has 2 amide bonds. The van der Waals surface area contributed by atoms with Crippen molar-refractivity contribution in [1.82, 2.24) is 25.0 Å². The van der Waals surface area contributed by atoms with Gasteiger partial charge in [0.05, 0.1) is 16.2 Å². The molecule has 0 radical (unpaired) electrons. The second kappa shape index (κ2) is 12.5. The van der Waals surface area contributed by atoms with Gasteiger partial charge in [0, 0.05) is 22.8 Å². The molecule has 0 bridgehead atoms. The lowest BCUT2D eigenvalue weighted by Crippen LogP contribution is -2.47. The average molecular weight is 682 g/mol. The number of hydrogen-bond donors (Lipinski definition) is 4. The molecule has 17 heteroatoms. The van der Waals surface area contributed by atoms with Gasteiger partial charge in [-0.15, -0.1) is 0 Å². The molecule has 2 aromatic carbocycles. The first kappa shape index (κ1) is 33.2. The normalized spacial score (nSPS) is 15.9. The minimum atomic E-state index is -4.61. The topological polar surface area (TPSA) is 164 Å². The molecule has 12 nitrogen and oxygen atoms in total. The molecule has 5 rings (SSSR count). The van der Waals surface area contributed by atoms with Gasteiger partial charge in [0.25, 0.3) is 5.91 Å². The SMILES string of the molecule is CC(C)(CNC(=O)c1ccc(Nc2nc(NC3(c4ccc(Cl)cc4)CC3)nc(OCC(F)(F)F)n2)cc1)C(=O)NS(=O)(=O)C1CC1. The van der Waals surface area contributed by atoms with Gasteiger partial charge < -0.3 is 20.7 Å². The molecule has 2 aliphatic rings. The van der Waals surface area contributed by atoms with Crippen LogP contribution >= 0.6 is 11.6 Å². The molecule has 0 unspecified atom stereocenters. The van der Waals surface area contributed by atoms with Crippen molar-refractivity contribution in [3.63, 3.8) is 0 Å². The van der Waals surface area contributed by atoms with Gasteiger partial charge >= 0.3 is 12.2 Å². The Morgan fingerprint density at radius 1 is 0.978 bits per heavy atom. The van der Waals surface area contributed by atoms with Crippen LogP contribution in [-0.4, -0.2) is 59.8 Å². The number of benzene rings is 2. The van der Waals surface area contributed by atoms with Crippen LogP contribution in [0.5, 0.6) is 6.01 Å². The second-order valence-corrected chi connectivity index (χ2v) is 14.2. The molecule has 2 saturated carbocycles. The maximum atomic E-state index is 12.9. The van der Waals surface area contributed by atoms with Crippen LogP contribution in [0.2, 0.25) is 5.02 Å². The zero-order valence-corrected chi connectivity index (χ0v) is 26.3. The highest BCUT2D eigenvalue weighted by molar-refractivity contribution is 7.90. The van der Waals surface area contributed by atoms with E-state index in [1.807, 2.05) is 12.1 Å². The van der Waals surface area contributed by atoms with Crippen LogP contribution in [0.4, 0.5) is 30.8 Å². The first-order valence-electron chi connectivity index (χ1n) is 14.2. The number of anilines is 3. The van der Waals surface area contributed by atoms with Crippen molar-refractivity contribution >= 4 is 51.0 Å². The number of alkyl halides is 3. The maximum absolute atomic E-state index is 12.9. The number of nitrogens with zero attached hydrogens (tertiary/aromatic N) is 3. The Labute approximate surface area is 267 Å². The number of halogens is 4. The number of ether oxygens (including phenoxy) is 1. The molecule has 46 heavy (non-hydrogen) atoms. The number of carbonyl (C=O) groups is 2. The summed E-state index contributed by atoms with van der Waals surface area (Å²) >= 11 is 6.01. The van der Waals surface area contributed by atoms with Crippen molar-refractivity contribution in [2.24, 2.45) is 5.41 Å². The lowest BCUT2D eigenvalue weighted by atomic mass is 9.92. The molecular formula is C29H31ClF3N7O5S. The van der Waals surface area contributed by atoms with E-state index in [2.05, 4.69) is 35.6 Å². The highest BCUT2D eigenvalue weighted by atomic mass is 35.5. The number of aromatic nitrogens is 3. The fourth-order valence-corrected chi connectivity index (χ4v) is 5.90. The van der Waals surface area contributed by atoms with Crippen LogP contribution < -0.4 is 25.4 Å². The second-order valence-electron chi connectivity index (χ2n) is 11.8. The van der Waals surface area contributed by atoms with Crippen LogP contribution in [0.25, 0.3) is 0 Å². The van der Waals surface area contributed by atoms with Crippen LogP contribution in [0, 0.1) is 5.41 Å². The molecule has 1 aromatic heterocycles. The standard InChI is InChI=1S/C29H31ClF3N7O5S/c1-27(2,23(42)40-46(43,44)21-11-12-21)15-34-22(41)17-3-9-20(10-4-17)35-24-36-25(38-26(37-24)45-16-29(31,32)33)39-28(13-14-28)18-5-7-19(30)8-6-18/h3-10,21H,11-16H2,1-2H3,(H,34,41)(H,40,42)(H2,35,36,37,38,39). The molecule has 0 atom stereocenters. The van der Waals surface area contributed by atoms with Crippen LogP contribution in [0.1, 0.15) is 55.5 Å². The third-order valence-corrected chi connectivity index (χ3v) is 9.46. The van der Waals surface area contributed by atoms with Gasteiger partial charge in [0.15, 0.2) is 6.61 Å². The van der Waals surface area contributed by atoms with E-state index in [0.29, 0.717) is 23.6 Å². The van der Waals surface area contributed by atoms with Crippen LogP contribution in [0.3, 0.4) is 0 Å². The minimum absolute atomic E-state index is 0.00490. The van der Waals surface area contributed by atoms with Crippen molar-refractivity contribution < 1.29 is 35.9 Å². The molecule has 4 N–H and O–H groups in total. The molecule has 0 saturated heterocycles. The van der Waals surface area contributed by atoms with Gasteiger partial charge in [-0.25, -0.2) is 8.42 Å². The van der Waals surface area contributed by atoms with Crippen molar-refractivity contribution in [2.45, 2.75) is 56.5 Å². The first-order chi connectivity index (χ1) is 21.5. The summed E-state index contributed by atoms with van der Waals surface area (Å²) in [6.07, 6.45) is -2.14. The van der Waals surface area contributed by atoms with Crippen molar-refractivity contribution in [3.05, 3.63) is 64.7 Å². The zero-order chi connectivity index (χ0) is 33.3. The summed E-state index contributed by atoms with van der Waals surface area (Å²) in [7, 11) is -3.73. The first-order valence-corrected chi connectivity index (χ1v) is 16.2. The number of rotatable bonds is 13. The van der Waals surface area contributed by atoms with E-state index in [1.54, 1.807) is 12.1 Å². The summed E-state index contributed by atoms with van der Waals surface area (Å²) in [6.45, 7) is 1.31. The fourth-order valence-electron chi connectivity index (χ4n) is 4.32. The third kappa shape index (κ3) is 8.54. The Morgan fingerprint density at radius 3 is 2.20 bits per heavy atom. The van der Waals surface area contributed by atoms with Crippen molar-refractivity contribution in [1.29, 1.82) is 0 Å². The molecule has 3 aromatic rings. The number of carbonyl (C=O) groups excluding carboxylic acids is 2. The number of amides is 2. The lowest BCUT2D eigenvalue weighted by molar-refractivity contribution is -0.154. The van der Waals surface area contributed by atoms with E-state index in [4.69, 9.17) is 16.3 Å². The van der Waals surface area contributed by atoms with E-state index >= 15 is 0 Å². The minimum Gasteiger partial charge on any atom is -0.454 e. The molecule has 0 spiro atoms. The Morgan fingerprint density at radius 2 is 1.61 bits per heavy atom. The monoisotopic (exact) mass is 681 g/mol. The van der Waals surface area contributed by atoms with Gasteiger partial charge in [-0.05, 0) is 81.5 Å². The van der Waals surface area contributed by atoms with Crippen molar-refractivity contribution in [3.8, 4) is 6.01 Å². The smallest absolute Gasteiger partial charge is 0.422 e. The number of sulfonamides is 1. The highest BCUT2D eigenvalue weighted by Gasteiger charge is 2.45. The van der Waals surface area contributed by atoms with E-state index in [1.165, 1.54) is 38.1 Å². The zero-order valence-electron chi connectivity index (χ0n) is 24.7. The van der Waals surface area contributed by atoms with Gasteiger partial charge in [0.1, 0.15) is 0 Å². The van der Waals surface area contributed by atoms with Gasteiger partial charge in [0.2, 0.25) is 27.8 Å². The van der Waals surface area contributed by atoms with E-state index in [-0.39, 0.29) is 24.0 Å². The van der Waals surface area contributed by atoms with Gasteiger partial charge in [-0.3, -0.25) is 14.3 Å². The molecule has 1 heterocycles. The van der Waals surface area contributed by atoms with Gasteiger partial charge in [-0.2, -0.15) is 28.1 Å². The third-order valence-electron chi connectivity index (χ3n) is 7.38. The Balaban J connectivity index is 1.25. The number of hydrogen-bond acceptors (Lipinski definition) is 10. The molecule has 246 valence electrons. The fraction of sp³-hybridized carbons (Fsp3) is 0.414. The maximum Gasteiger partial charge on any atom is 0.422 e. The highest BCUT2D eigenvalue weighted by Crippen LogP contribution is 2.48. The summed E-state index contributed by atoms with van der Waals surface area (Å²) in [6, 6.07) is 12.6. The van der Waals surface area contributed by atoms with E-state index in [9.17, 15) is 31.2 Å². The Hall–Kier alpha value is -4.18. The molecule has 0 aliphatic heterocycles. The van der Waals surface area contributed by atoms with Crippen molar-refractivity contribution in [2.75, 3.05) is 23.8 Å². The predicted molar refractivity (Wildman–Crippen MR) is 163 cm³/mol. The average Bonchev–Trinajstić information content (AvgIpc) is 3.91. The quantitative estimate of drug-likeness (QED) is 0.199. The van der Waals surface area contributed by atoms with Gasteiger partial charge in [-0.1, -0.05) is 23.7 Å². The summed E-state index contributed by atoms with van der Waals surface area (Å²) in [5, 5.41) is 8.71. The lowest BCUT2D eigenvalue weighted by Gasteiger charge is -2.23. The largest absolute Gasteiger partial charge is 0.454 e. The molecule has 2 fully saturated rings. The Kier molecular flexibility index (Phi) is 9.05. The van der Waals surface area contributed by atoms with E-state index in [0.717, 1.165) is 18.4 Å². The molecular weight excluding hydrogens is 651 g/mol. The summed E-state index contributed by atoms with van der Waals surface area (Å²) in [4.78, 5) is 37.6. The number of nitrogens with one attached hydrogen (secondary N) is 4. The summed E-state index contributed by atoms with van der Waals surface area (Å²) in [5.41, 5.74) is -0.189. The van der Waals surface area contributed by atoms with Crippen LogP contribution in [0.15, 0.2) is 48.5 Å². The predicted octanol–water partition coefficient (Wildman–Crippen LogP) is 4.68. The summed E-state index contributed by atoms with van der Waals surface area (Å²) < 4.78 is 69.7. The molecule has 2 aliphatic carbocycles. The van der Waals surface area contributed by atoms with E-state index < -0.39 is 56.8 Å². The Bertz CT molecular complexity index is 1710.